The van der Waals surface area contributed by atoms with E-state index >= 15 is 0 Å². The fraction of sp³-hybridized carbons (Fsp3) is 0.207. The van der Waals surface area contributed by atoms with Gasteiger partial charge in [0.2, 0.25) is 0 Å². The molecular weight excluding hydrogens is 1210 g/mol. The quantitative estimate of drug-likeness (QED) is 0.115. The first-order chi connectivity index (χ1) is 36.7. The Bertz CT molecular complexity index is 3690. The maximum atomic E-state index is 14.7. The molecule has 10 nitrogen and oxygen atoms in total. The predicted octanol–water partition coefficient (Wildman–Crippen LogP) is 10.8. The molecule has 10 aromatic rings. The number of thiophene rings is 2. The maximum Gasteiger partial charge on any atom is 1.00 e. The largest absolute Gasteiger partial charge is 1.00 e. The average Bonchev–Trinajstić information content (AvgIpc) is 4.28. The Hall–Kier alpha value is -4.53. The minimum absolute atomic E-state index is 0. The predicted molar refractivity (Wildman–Crippen MR) is 338 cm³/mol. The van der Waals surface area contributed by atoms with E-state index < -0.39 is 12.8 Å². The number of carbonyl (C=O) groups is 1. The van der Waals surface area contributed by atoms with Crippen LogP contribution >= 0.6 is 54.5 Å². The van der Waals surface area contributed by atoms with Gasteiger partial charge in [0.15, 0.2) is 0 Å². The number of halogens is 4. The number of carbonyl (C=O) groups excluding carboxylic acids is 2. The number of hydrogen-bond acceptors (Lipinski definition) is 9. The summed E-state index contributed by atoms with van der Waals surface area (Å²) in [4.78, 5) is 47.5. The number of benzene rings is 2. The molecule has 1 aliphatic heterocycles. The zero-order chi connectivity index (χ0) is 53.6. The molecule has 23 heteroatoms. The molecule has 0 saturated carbocycles. The zero-order valence-corrected chi connectivity index (χ0v) is 50.7. The number of fused-ring (bicyclic) bond motifs is 4. The number of rotatable bonds is 7. The van der Waals surface area contributed by atoms with Gasteiger partial charge in [0.05, 0.1) is 29.3 Å². The number of amides is 1. The van der Waals surface area contributed by atoms with Crippen LogP contribution in [0.3, 0.4) is 0 Å². The second-order valence-corrected chi connectivity index (χ2v) is 22.1. The Labute approximate surface area is 547 Å². The van der Waals surface area contributed by atoms with Gasteiger partial charge in [-0.1, -0.05) is 79.4 Å². The van der Waals surface area contributed by atoms with E-state index in [1.807, 2.05) is 51.2 Å². The minimum Gasteiger partial charge on any atom is -0.870 e. The van der Waals surface area contributed by atoms with Gasteiger partial charge in [0, 0.05) is 135 Å². The summed E-state index contributed by atoms with van der Waals surface area (Å²) in [6, 6.07) is 25.2. The number of hydrogen-bond donors (Lipinski definition) is 0. The number of aryl methyl sites for hydroxylation is 1. The summed E-state index contributed by atoms with van der Waals surface area (Å²) in [5.41, 5.74) is 9.97. The molecule has 2 aliphatic rings. The van der Waals surface area contributed by atoms with Crippen molar-refractivity contribution >= 4 is 122 Å². The van der Waals surface area contributed by atoms with Crippen molar-refractivity contribution in [3.63, 3.8) is 0 Å². The van der Waals surface area contributed by atoms with Gasteiger partial charge in [-0.15, -0.1) is 34.3 Å². The second kappa shape index (κ2) is 31.4. The van der Waals surface area contributed by atoms with Crippen LogP contribution in [0.25, 0.3) is 56.1 Å². The summed E-state index contributed by atoms with van der Waals surface area (Å²) in [5, 5.41) is 4.32. The molecule has 400 valence electrons. The van der Waals surface area contributed by atoms with Gasteiger partial charge in [-0.25, -0.2) is 18.7 Å². The number of imidazole rings is 2. The molecule has 0 bridgehead atoms. The molecule has 1 amide bonds. The summed E-state index contributed by atoms with van der Waals surface area (Å²) < 4.78 is 33.9. The van der Waals surface area contributed by atoms with Crippen LogP contribution in [0.1, 0.15) is 97.7 Å². The van der Waals surface area contributed by atoms with E-state index in [0.29, 0.717) is 60.4 Å². The van der Waals surface area contributed by atoms with Gasteiger partial charge >= 0.3 is 51.4 Å². The monoisotopic (exact) mass is 1260 g/mol. The first-order valence-corrected chi connectivity index (χ1v) is 27.6. The third-order valence-corrected chi connectivity index (χ3v) is 16.1. The van der Waals surface area contributed by atoms with E-state index in [1.165, 1.54) is 41.8 Å². The fourth-order valence-corrected chi connectivity index (χ4v) is 11.8. The summed E-state index contributed by atoms with van der Waals surface area (Å²) in [6.45, 7) is 5.09. The van der Waals surface area contributed by atoms with Crippen LogP contribution in [0.15, 0.2) is 154 Å². The van der Waals surface area contributed by atoms with Crippen molar-refractivity contribution in [2.24, 2.45) is 0 Å². The Balaban J connectivity index is 0.000000267. The smallest absolute Gasteiger partial charge is 0.870 e. The van der Waals surface area contributed by atoms with Crippen molar-refractivity contribution in [2.75, 3.05) is 6.54 Å². The van der Waals surface area contributed by atoms with Gasteiger partial charge < -0.3 is 24.0 Å². The van der Waals surface area contributed by atoms with Gasteiger partial charge in [-0.05, 0) is 138 Å². The SMILES string of the molecule is C.C.C.C[C@@H]1c2ccsc2CCN1C(=O)c1cc(-c2cccnc2)c2nc(-c3ccc(Br)cc3F)cn2c1.C[C@H]1CCCc2sccc21.O=[C-]c1cc(-c2cccnc2)c2nc(-c3ccc(Br)cc3F)cn2c1.[B]B([B])B([B])[B].[K+].[OH-]. The molecule has 2 atom stereocenters. The van der Waals surface area contributed by atoms with Crippen LogP contribution in [0.2, 0.25) is 0 Å². The van der Waals surface area contributed by atoms with Gasteiger partial charge in [-0.2, -0.15) is 0 Å². The number of aromatic nitrogens is 6. The van der Waals surface area contributed by atoms with Crippen molar-refractivity contribution in [1.82, 2.24) is 33.6 Å². The Morgan fingerprint density at radius 2 is 1.19 bits per heavy atom. The third kappa shape index (κ3) is 16.2. The molecule has 9 heterocycles. The van der Waals surface area contributed by atoms with Crippen LogP contribution < -0.4 is 51.4 Å². The van der Waals surface area contributed by atoms with Gasteiger partial charge in [-0.3, -0.25) is 14.8 Å². The molecule has 0 spiro atoms. The van der Waals surface area contributed by atoms with Crippen LogP contribution in [-0.2, 0) is 17.6 Å². The van der Waals surface area contributed by atoms with Gasteiger partial charge in [0.25, 0.3) is 5.91 Å². The molecular formula is C58H55B6Br2F2KN7O3S2-. The van der Waals surface area contributed by atoms with E-state index in [2.05, 4.69) is 83.6 Å². The van der Waals surface area contributed by atoms with E-state index in [0.717, 1.165) is 34.6 Å². The average molecular weight is 1260 g/mol. The Morgan fingerprint density at radius 1 is 0.679 bits per heavy atom. The van der Waals surface area contributed by atoms with Gasteiger partial charge in [0.1, 0.15) is 22.9 Å². The molecule has 0 unspecified atom stereocenters. The fourth-order valence-electron chi connectivity index (χ4n) is 9.16. The topological polar surface area (TPSA) is 128 Å². The van der Waals surface area contributed by atoms with Crippen molar-refractivity contribution in [3.05, 3.63) is 198 Å². The van der Waals surface area contributed by atoms with Crippen LogP contribution in [-0.4, -0.2) is 102 Å². The Morgan fingerprint density at radius 3 is 1.67 bits per heavy atom. The minimum atomic E-state index is -0.593. The summed E-state index contributed by atoms with van der Waals surface area (Å²) >= 11 is 10.2. The molecule has 2 aromatic carbocycles. The van der Waals surface area contributed by atoms with Crippen LogP contribution in [0.4, 0.5) is 8.78 Å². The van der Waals surface area contributed by atoms with Crippen molar-refractivity contribution in [3.8, 4) is 44.8 Å². The van der Waals surface area contributed by atoms with Crippen LogP contribution in [0.5, 0.6) is 0 Å². The van der Waals surface area contributed by atoms with Crippen molar-refractivity contribution in [2.45, 2.75) is 73.8 Å². The first-order valence-electron chi connectivity index (χ1n) is 24.3. The summed E-state index contributed by atoms with van der Waals surface area (Å²) in [6.07, 6.45) is 19.4. The molecule has 8 radical (unpaired) electrons. The third-order valence-electron chi connectivity index (χ3n) is 13.2. The molecule has 0 fully saturated rings. The molecule has 8 aromatic heterocycles. The van der Waals surface area contributed by atoms with Crippen LogP contribution in [0, 0.1) is 11.6 Å². The zero-order valence-electron chi connectivity index (χ0n) is 42.7. The summed E-state index contributed by atoms with van der Waals surface area (Å²) in [7, 11) is 19.9. The second-order valence-electron chi connectivity index (χ2n) is 18.3. The number of pyridine rings is 4. The molecule has 1 aliphatic carbocycles. The molecule has 1 N–H and O–H groups in total. The number of nitrogens with zero attached hydrogens (tertiary/aromatic N) is 7. The molecule has 0 saturated heterocycles. The standard InChI is InChI=1S/C27H20BrFN4OS.C19H10BrFN3O.C9H12S.3CH4.B6.K.H2O/c1-16-20-7-10-35-25(20)6-9-33(16)27(34)18-11-22(17-3-2-8-30-13-17)26-31-24(15-32(26)14-18)21-5-4-19(28)12-23(21)29;20-14-3-4-15(17(21)7-14)18-10-24-9-12(11-25)6-16(19(24)23-18)13-2-1-5-22-8-13;1-7-3-2-4-9-8(7)5-6-10-9;;;;1-5(2)6(3)4;;/h2-5,7-8,10-16H,6,9H2,1H3;1-10H;5-7H,2-4H2,1H3;3*1H4;;;1H2/q;-1;;;;;;+1;/p-1/t16-;;7-;;;;;;/m1.0....../s1. The summed E-state index contributed by atoms with van der Waals surface area (Å²) in [5.74, 6) is 0.0556. The maximum absolute atomic E-state index is 14.7. The van der Waals surface area contributed by atoms with Crippen molar-refractivity contribution < 1.29 is 75.2 Å². The van der Waals surface area contributed by atoms with Crippen molar-refractivity contribution in [1.29, 1.82) is 0 Å². The van der Waals surface area contributed by atoms with E-state index in [9.17, 15) is 18.4 Å². The molecule has 81 heavy (non-hydrogen) atoms. The van der Waals surface area contributed by atoms with E-state index in [1.54, 1.807) is 112 Å². The van der Waals surface area contributed by atoms with E-state index in [4.69, 9.17) is 35.9 Å². The molecule has 12 rings (SSSR count). The van der Waals surface area contributed by atoms with E-state index in [-0.39, 0.29) is 103 Å². The first kappa shape index (κ1) is 69.0. The Kier molecular flexibility index (Phi) is 26.7. The normalized spacial score (nSPS) is 13.6.